The standard InChI is InChI=1S/C15H24/c1-2-3-4-6-13-9-10-14-7-5-8-15(11-13)12-14/h3,13-15H,1,4-12H2. The first kappa shape index (κ1) is 11.0. The minimum absolute atomic E-state index is 1.00. The first-order valence-electron chi connectivity index (χ1n) is 6.72. The van der Waals surface area contributed by atoms with Crippen molar-refractivity contribution in [2.45, 2.75) is 57.8 Å². The van der Waals surface area contributed by atoms with Crippen LogP contribution in [-0.2, 0) is 0 Å². The molecule has 2 fully saturated rings. The van der Waals surface area contributed by atoms with E-state index in [9.17, 15) is 0 Å². The highest BCUT2D eigenvalue weighted by Gasteiger charge is 2.28. The molecule has 0 aromatic carbocycles. The molecule has 15 heavy (non-hydrogen) atoms. The first-order chi connectivity index (χ1) is 7.38. The summed E-state index contributed by atoms with van der Waals surface area (Å²) in [5.74, 6) is 3.16. The predicted octanol–water partition coefficient (Wildman–Crippen LogP) is 4.71. The molecule has 2 rings (SSSR count). The third-order valence-corrected chi connectivity index (χ3v) is 4.40. The molecule has 0 heteroatoms. The van der Waals surface area contributed by atoms with Gasteiger partial charge < -0.3 is 0 Å². The molecule has 0 aromatic rings. The average Bonchev–Trinajstić information content (AvgIpc) is 2.39. The lowest BCUT2D eigenvalue weighted by Crippen LogP contribution is -2.13. The first-order valence-corrected chi connectivity index (χ1v) is 6.72. The number of allylic oxidation sites excluding steroid dienone is 1. The highest BCUT2D eigenvalue weighted by molar-refractivity contribution is 4.83. The van der Waals surface area contributed by atoms with Crippen molar-refractivity contribution in [2.24, 2.45) is 17.8 Å². The fourth-order valence-electron chi connectivity index (χ4n) is 3.62. The van der Waals surface area contributed by atoms with Gasteiger partial charge in [0.1, 0.15) is 0 Å². The Bertz CT molecular complexity index is 234. The summed E-state index contributed by atoms with van der Waals surface area (Å²) in [6, 6.07) is 0. The van der Waals surface area contributed by atoms with E-state index in [1.165, 1.54) is 51.4 Å². The molecule has 0 aromatic heterocycles. The number of rotatable bonds is 3. The molecule has 0 amide bonds. The van der Waals surface area contributed by atoms with Crippen LogP contribution in [0.2, 0.25) is 0 Å². The molecule has 0 N–H and O–H groups in total. The van der Waals surface area contributed by atoms with E-state index in [2.05, 4.69) is 18.4 Å². The van der Waals surface area contributed by atoms with Crippen molar-refractivity contribution in [3.05, 3.63) is 18.4 Å². The monoisotopic (exact) mass is 204 g/mol. The zero-order valence-corrected chi connectivity index (χ0v) is 9.88. The summed E-state index contributed by atoms with van der Waals surface area (Å²) in [5.41, 5.74) is 2.89. The van der Waals surface area contributed by atoms with Gasteiger partial charge >= 0.3 is 0 Å². The van der Waals surface area contributed by atoms with Gasteiger partial charge in [-0.25, -0.2) is 0 Å². The van der Waals surface area contributed by atoms with E-state index in [4.69, 9.17) is 0 Å². The van der Waals surface area contributed by atoms with Gasteiger partial charge in [-0.1, -0.05) is 38.7 Å². The molecule has 0 heterocycles. The summed E-state index contributed by atoms with van der Waals surface area (Å²) < 4.78 is 0. The number of hydrogen-bond donors (Lipinski definition) is 0. The molecular weight excluding hydrogens is 180 g/mol. The Morgan fingerprint density at radius 1 is 1.07 bits per heavy atom. The fraction of sp³-hybridized carbons (Fsp3) is 0.800. The maximum absolute atomic E-state index is 3.63. The molecule has 0 aliphatic heterocycles. The summed E-state index contributed by atoms with van der Waals surface area (Å²) in [6.45, 7) is 3.63. The van der Waals surface area contributed by atoms with Gasteiger partial charge in [0.25, 0.3) is 0 Å². The van der Waals surface area contributed by atoms with Crippen LogP contribution in [-0.4, -0.2) is 0 Å². The van der Waals surface area contributed by atoms with Crippen molar-refractivity contribution in [1.82, 2.24) is 0 Å². The van der Waals surface area contributed by atoms with Gasteiger partial charge in [-0.15, -0.1) is 5.73 Å². The Labute approximate surface area is 94.5 Å². The highest BCUT2D eigenvalue weighted by atomic mass is 14.3. The Balaban J connectivity index is 1.83. The van der Waals surface area contributed by atoms with Crippen molar-refractivity contribution in [1.29, 1.82) is 0 Å². The lowest BCUT2D eigenvalue weighted by Gasteiger charge is -2.26. The molecular formula is C15H24. The highest BCUT2D eigenvalue weighted by Crippen LogP contribution is 2.41. The van der Waals surface area contributed by atoms with Crippen molar-refractivity contribution in [2.75, 3.05) is 0 Å². The molecule has 3 atom stereocenters. The van der Waals surface area contributed by atoms with Crippen molar-refractivity contribution >= 4 is 0 Å². The maximum atomic E-state index is 3.63. The summed E-state index contributed by atoms with van der Waals surface area (Å²) in [7, 11) is 0. The summed E-state index contributed by atoms with van der Waals surface area (Å²) >= 11 is 0. The largest absolute Gasteiger partial charge is 0.133 e. The van der Waals surface area contributed by atoms with Crippen LogP contribution in [0.4, 0.5) is 0 Å². The lowest BCUT2D eigenvalue weighted by molar-refractivity contribution is 0.262. The normalized spacial score (nSPS) is 35.3. The number of hydrogen-bond acceptors (Lipinski definition) is 0. The third kappa shape index (κ3) is 3.24. The average molecular weight is 204 g/mol. The van der Waals surface area contributed by atoms with E-state index >= 15 is 0 Å². The Morgan fingerprint density at radius 2 is 1.93 bits per heavy atom. The minimum atomic E-state index is 1.00. The quantitative estimate of drug-likeness (QED) is 0.584. The fourth-order valence-corrected chi connectivity index (χ4v) is 3.62. The molecule has 2 aliphatic rings. The van der Waals surface area contributed by atoms with E-state index in [1.807, 2.05) is 0 Å². The van der Waals surface area contributed by atoms with Gasteiger partial charge in [0.2, 0.25) is 0 Å². The van der Waals surface area contributed by atoms with Crippen LogP contribution in [0, 0.1) is 17.8 Å². The summed E-state index contributed by atoms with van der Waals surface area (Å²) in [6.07, 6.45) is 15.3. The third-order valence-electron chi connectivity index (χ3n) is 4.40. The van der Waals surface area contributed by atoms with Crippen LogP contribution < -0.4 is 0 Å². The molecule has 3 unspecified atom stereocenters. The van der Waals surface area contributed by atoms with Crippen molar-refractivity contribution < 1.29 is 0 Å². The second kappa shape index (κ2) is 5.56. The molecule has 2 saturated carbocycles. The zero-order chi connectivity index (χ0) is 10.5. The van der Waals surface area contributed by atoms with Crippen LogP contribution in [0.5, 0.6) is 0 Å². The van der Waals surface area contributed by atoms with Gasteiger partial charge in [0, 0.05) is 0 Å². The summed E-state index contributed by atoms with van der Waals surface area (Å²) in [5, 5.41) is 0. The van der Waals surface area contributed by atoms with Gasteiger partial charge in [-0.3, -0.25) is 0 Å². The van der Waals surface area contributed by atoms with Crippen LogP contribution in [0.1, 0.15) is 57.8 Å². The minimum Gasteiger partial charge on any atom is -0.133 e. The molecule has 0 radical (unpaired) electrons. The van der Waals surface area contributed by atoms with E-state index in [1.54, 1.807) is 6.42 Å². The number of fused-ring (bicyclic) bond motifs is 2. The maximum Gasteiger partial charge on any atom is -0.0272 e. The van der Waals surface area contributed by atoms with Crippen LogP contribution in [0.3, 0.4) is 0 Å². The van der Waals surface area contributed by atoms with Crippen molar-refractivity contribution in [3.63, 3.8) is 0 Å². The molecule has 0 nitrogen and oxygen atoms in total. The molecule has 0 spiro atoms. The van der Waals surface area contributed by atoms with Crippen LogP contribution in [0.25, 0.3) is 0 Å². The zero-order valence-electron chi connectivity index (χ0n) is 9.88. The van der Waals surface area contributed by atoms with Crippen molar-refractivity contribution in [3.8, 4) is 0 Å². The molecule has 2 bridgehead atoms. The second-order valence-corrected chi connectivity index (χ2v) is 5.56. The summed E-state index contributed by atoms with van der Waals surface area (Å²) in [4.78, 5) is 0. The van der Waals surface area contributed by atoms with Gasteiger partial charge in [-0.2, -0.15) is 0 Å². The predicted molar refractivity (Wildman–Crippen MR) is 65.7 cm³/mol. The van der Waals surface area contributed by atoms with Crippen LogP contribution in [0.15, 0.2) is 18.4 Å². The topological polar surface area (TPSA) is 0 Å². The molecule has 0 saturated heterocycles. The molecule has 2 aliphatic carbocycles. The van der Waals surface area contributed by atoms with Gasteiger partial charge in [-0.05, 0) is 49.5 Å². The SMILES string of the molecule is C=C=CCCC1CCC2CCCC(C1)C2. The Kier molecular flexibility index (Phi) is 4.09. The smallest absolute Gasteiger partial charge is 0.0272 e. The van der Waals surface area contributed by atoms with Gasteiger partial charge in [0.15, 0.2) is 0 Å². The Morgan fingerprint density at radius 3 is 2.80 bits per heavy atom. The van der Waals surface area contributed by atoms with E-state index in [0.29, 0.717) is 0 Å². The second-order valence-electron chi connectivity index (χ2n) is 5.56. The van der Waals surface area contributed by atoms with Gasteiger partial charge in [0.05, 0.1) is 0 Å². The van der Waals surface area contributed by atoms with Crippen LogP contribution >= 0.6 is 0 Å². The van der Waals surface area contributed by atoms with E-state index in [-0.39, 0.29) is 0 Å². The van der Waals surface area contributed by atoms with E-state index in [0.717, 1.165) is 17.8 Å². The lowest BCUT2D eigenvalue weighted by atomic mass is 9.80. The van der Waals surface area contributed by atoms with E-state index < -0.39 is 0 Å². The Hall–Kier alpha value is -0.480. The molecule has 84 valence electrons.